The van der Waals surface area contributed by atoms with Crippen LogP contribution in [0, 0.1) is 6.92 Å². The molecule has 0 aliphatic carbocycles. The Labute approximate surface area is 201 Å². The molecule has 2 aromatic carbocycles. The highest BCUT2D eigenvalue weighted by atomic mass is 32.1. The van der Waals surface area contributed by atoms with Crippen LogP contribution in [0.2, 0.25) is 0 Å². The summed E-state index contributed by atoms with van der Waals surface area (Å²) in [6.45, 7) is 4.50. The van der Waals surface area contributed by atoms with Gasteiger partial charge in [0, 0.05) is 5.69 Å². The summed E-state index contributed by atoms with van der Waals surface area (Å²) in [5.41, 5.74) is 2.81. The van der Waals surface area contributed by atoms with Gasteiger partial charge in [0.05, 0.1) is 17.6 Å². The van der Waals surface area contributed by atoms with Crippen LogP contribution < -0.4 is 5.32 Å². The molecule has 0 saturated carbocycles. The van der Waals surface area contributed by atoms with Gasteiger partial charge < -0.3 is 14.8 Å². The van der Waals surface area contributed by atoms with Gasteiger partial charge in [-0.3, -0.25) is 0 Å². The van der Waals surface area contributed by atoms with E-state index >= 15 is 0 Å². The molecule has 0 atom stereocenters. The van der Waals surface area contributed by atoms with Crippen LogP contribution in [-0.4, -0.2) is 28.5 Å². The summed E-state index contributed by atoms with van der Waals surface area (Å²) < 4.78 is 10.8. The number of anilines is 2. The van der Waals surface area contributed by atoms with Gasteiger partial charge in [-0.15, -0.1) is 11.3 Å². The maximum atomic E-state index is 12.8. The van der Waals surface area contributed by atoms with Crippen LogP contribution in [0.1, 0.15) is 50.9 Å². The maximum Gasteiger partial charge on any atom is 0.349 e. The summed E-state index contributed by atoms with van der Waals surface area (Å²) in [7, 11) is 0. The number of fused-ring (bicyclic) bond motifs is 1. The van der Waals surface area contributed by atoms with Gasteiger partial charge in [-0.2, -0.15) is 0 Å². The zero-order valence-corrected chi connectivity index (χ0v) is 19.9. The third-order valence-electron chi connectivity index (χ3n) is 5.22. The molecular weight excluding hydrogens is 450 g/mol. The van der Waals surface area contributed by atoms with Gasteiger partial charge in [0.15, 0.2) is 0 Å². The predicted molar refractivity (Wildman–Crippen MR) is 133 cm³/mol. The molecule has 7 nitrogen and oxygen atoms in total. The molecule has 0 radical (unpaired) electrons. The number of hydrogen-bond acceptors (Lipinski definition) is 8. The Morgan fingerprint density at radius 1 is 1.00 bits per heavy atom. The molecule has 0 aliphatic rings. The van der Waals surface area contributed by atoms with Crippen molar-refractivity contribution >= 4 is 45.0 Å². The van der Waals surface area contributed by atoms with Crippen LogP contribution in [0.5, 0.6) is 0 Å². The minimum atomic E-state index is -0.396. The number of carbonyl (C=O) groups excluding carboxylic acids is 2. The molecule has 0 spiro atoms. The topological polar surface area (TPSA) is 90.4 Å². The number of nitrogens with zero attached hydrogens (tertiary/aromatic N) is 2. The van der Waals surface area contributed by atoms with Crippen LogP contribution in [-0.2, 0) is 16.1 Å². The molecule has 2 heterocycles. The average Bonchev–Trinajstić information content (AvgIpc) is 3.21. The largest absolute Gasteiger partial charge is 0.462 e. The van der Waals surface area contributed by atoms with Gasteiger partial charge in [-0.25, -0.2) is 19.6 Å². The van der Waals surface area contributed by atoms with Gasteiger partial charge in [-0.05, 0) is 42.7 Å². The number of rotatable bonds is 9. The number of benzene rings is 2. The number of hydrogen-bond donors (Lipinski definition) is 1. The van der Waals surface area contributed by atoms with Gasteiger partial charge in [0.1, 0.15) is 28.5 Å². The lowest BCUT2D eigenvalue weighted by atomic mass is 10.1. The van der Waals surface area contributed by atoms with Gasteiger partial charge in [0.2, 0.25) is 0 Å². The van der Waals surface area contributed by atoms with Crippen LogP contribution >= 0.6 is 11.3 Å². The Morgan fingerprint density at radius 3 is 2.62 bits per heavy atom. The Hall–Kier alpha value is -3.78. The normalized spacial score (nSPS) is 10.8. The van der Waals surface area contributed by atoms with E-state index in [1.54, 1.807) is 18.2 Å². The van der Waals surface area contributed by atoms with Crippen molar-refractivity contribution in [2.75, 3.05) is 11.9 Å². The molecule has 0 saturated heterocycles. The number of unbranched alkanes of at least 4 members (excludes halogenated alkanes) is 1. The summed E-state index contributed by atoms with van der Waals surface area (Å²) in [5.74, 6) is -0.204. The van der Waals surface area contributed by atoms with Crippen molar-refractivity contribution in [3.05, 3.63) is 82.5 Å². The van der Waals surface area contributed by atoms with E-state index in [2.05, 4.69) is 15.3 Å². The van der Waals surface area contributed by atoms with Crippen molar-refractivity contribution in [3.63, 3.8) is 0 Å². The van der Waals surface area contributed by atoms with Crippen LogP contribution in [0.15, 0.2) is 60.9 Å². The first-order chi connectivity index (χ1) is 16.6. The monoisotopic (exact) mass is 475 g/mol. The fraction of sp³-hybridized carbons (Fsp3) is 0.231. The Bertz CT molecular complexity index is 1300. The molecule has 0 fully saturated rings. The number of thiophene rings is 1. The van der Waals surface area contributed by atoms with Crippen molar-refractivity contribution in [2.24, 2.45) is 0 Å². The lowest BCUT2D eigenvalue weighted by Crippen LogP contribution is -2.07. The molecule has 0 bridgehead atoms. The number of nitrogens with one attached hydrogen (secondary N) is 1. The average molecular weight is 476 g/mol. The lowest BCUT2D eigenvalue weighted by molar-refractivity contribution is 0.0474. The first kappa shape index (κ1) is 23.4. The number of aromatic nitrogens is 2. The van der Waals surface area contributed by atoms with E-state index in [0.29, 0.717) is 33.4 Å². The summed E-state index contributed by atoms with van der Waals surface area (Å²) in [4.78, 5) is 35.0. The first-order valence-electron chi connectivity index (χ1n) is 11.1. The van der Waals surface area contributed by atoms with Crippen molar-refractivity contribution in [1.29, 1.82) is 0 Å². The highest BCUT2D eigenvalue weighted by molar-refractivity contribution is 7.20. The van der Waals surface area contributed by atoms with Crippen LogP contribution in [0.25, 0.3) is 10.2 Å². The van der Waals surface area contributed by atoms with Crippen LogP contribution in [0.3, 0.4) is 0 Å². The van der Waals surface area contributed by atoms with E-state index in [1.165, 1.54) is 17.7 Å². The van der Waals surface area contributed by atoms with Crippen molar-refractivity contribution < 1.29 is 19.1 Å². The molecule has 34 heavy (non-hydrogen) atoms. The summed E-state index contributed by atoms with van der Waals surface area (Å²) in [6, 6.07) is 16.6. The molecule has 8 heteroatoms. The minimum absolute atomic E-state index is 0.200. The minimum Gasteiger partial charge on any atom is -0.462 e. The van der Waals surface area contributed by atoms with Crippen molar-refractivity contribution in [1.82, 2.24) is 9.97 Å². The molecule has 1 N–H and O–H groups in total. The number of esters is 2. The molecule has 174 valence electrons. The molecule has 0 aliphatic heterocycles. The van der Waals surface area contributed by atoms with E-state index in [1.807, 2.05) is 50.2 Å². The zero-order valence-electron chi connectivity index (χ0n) is 19.0. The van der Waals surface area contributed by atoms with E-state index in [0.717, 1.165) is 29.4 Å². The Balaban J connectivity index is 1.54. The number of aryl methyl sites for hydroxylation is 1. The molecule has 4 rings (SSSR count). The SMILES string of the molecule is CCCCOC(=O)c1cccc(Nc2ncnc3sc(C(=O)OCc4ccccc4)c(C)c23)c1. The summed E-state index contributed by atoms with van der Waals surface area (Å²) in [6.07, 6.45) is 3.24. The second-order valence-electron chi connectivity index (χ2n) is 7.72. The van der Waals surface area contributed by atoms with E-state index < -0.39 is 5.97 Å². The standard InChI is InChI=1S/C26H25N3O4S/c1-3-4-13-32-25(30)19-11-8-12-20(14-19)29-23-21-17(2)22(34-24(21)28-16-27-23)26(31)33-15-18-9-6-5-7-10-18/h5-12,14,16H,3-4,13,15H2,1-2H3,(H,27,28,29). The first-order valence-corrected chi connectivity index (χ1v) is 11.9. The summed E-state index contributed by atoms with van der Waals surface area (Å²) >= 11 is 1.27. The highest BCUT2D eigenvalue weighted by Crippen LogP contribution is 2.35. The molecule has 0 unspecified atom stereocenters. The fourth-order valence-electron chi connectivity index (χ4n) is 3.40. The second kappa shape index (κ2) is 10.9. The second-order valence-corrected chi connectivity index (χ2v) is 8.71. The third kappa shape index (κ3) is 5.40. The van der Waals surface area contributed by atoms with E-state index in [9.17, 15) is 9.59 Å². The quantitative estimate of drug-likeness (QED) is 0.232. The Morgan fingerprint density at radius 2 is 1.82 bits per heavy atom. The zero-order chi connectivity index (χ0) is 23.9. The lowest BCUT2D eigenvalue weighted by Gasteiger charge is -2.09. The maximum absolute atomic E-state index is 12.8. The third-order valence-corrected chi connectivity index (χ3v) is 6.40. The van der Waals surface area contributed by atoms with Crippen LogP contribution in [0.4, 0.5) is 11.5 Å². The highest BCUT2D eigenvalue weighted by Gasteiger charge is 2.21. The molecule has 2 aromatic heterocycles. The smallest absolute Gasteiger partial charge is 0.349 e. The predicted octanol–water partition coefficient (Wildman–Crippen LogP) is 6.06. The molecular formula is C26H25N3O4S. The fourth-order valence-corrected chi connectivity index (χ4v) is 4.45. The van der Waals surface area contributed by atoms with Gasteiger partial charge in [0.25, 0.3) is 0 Å². The van der Waals surface area contributed by atoms with Gasteiger partial charge in [-0.1, -0.05) is 49.7 Å². The van der Waals surface area contributed by atoms with Crippen molar-refractivity contribution in [2.45, 2.75) is 33.3 Å². The molecule has 0 amide bonds. The van der Waals surface area contributed by atoms with E-state index in [-0.39, 0.29) is 12.6 Å². The number of carbonyl (C=O) groups is 2. The molecule has 4 aromatic rings. The number of ether oxygens (including phenoxy) is 2. The summed E-state index contributed by atoms with van der Waals surface area (Å²) in [5, 5.41) is 4.00. The van der Waals surface area contributed by atoms with Gasteiger partial charge >= 0.3 is 11.9 Å². The van der Waals surface area contributed by atoms with Crippen molar-refractivity contribution in [3.8, 4) is 0 Å². The Kier molecular flexibility index (Phi) is 7.49. The van der Waals surface area contributed by atoms with E-state index in [4.69, 9.17) is 9.47 Å².